The molecule has 0 fully saturated rings. The molecule has 3 aromatic rings. The molecule has 0 atom stereocenters. The van der Waals surface area contributed by atoms with E-state index >= 15 is 0 Å². The minimum Gasteiger partial charge on any atom is -0.543 e. The van der Waals surface area contributed by atoms with Crippen molar-refractivity contribution in [3.8, 4) is 11.5 Å². The zero-order valence-corrected chi connectivity index (χ0v) is 20.2. The van der Waals surface area contributed by atoms with Crippen LogP contribution in [0.25, 0.3) is 11.0 Å². The fraction of sp³-hybridized carbons (Fsp3) is 0.176. The van der Waals surface area contributed by atoms with Gasteiger partial charge in [0.1, 0.15) is 17.5 Å². The van der Waals surface area contributed by atoms with Crippen LogP contribution in [0.3, 0.4) is 0 Å². The average Bonchev–Trinajstić information content (AvgIpc) is 3.19. The van der Waals surface area contributed by atoms with Crippen molar-refractivity contribution in [2.24, 2.45) is 5.73 Å². The van der Waals surface area contributed by atoms with Crippen molar-refractivity contribution in [2.75, 3.05) is 5.32 Å². The van der Waals surface area contributed by atoms with Crippen LogP contribution in [-0.2, 0) is 11.3 Å². The second-order valence-electron chi connectivity index (χ2n) is 5.77. The molecule has 4 N–H and O–H groups in total. The van der Waals surface area contributed by atoms with Gasteiger partial charge in [0.2, 0.25) is 5.91 Å². The van der Waals surface area contributed by atoms with Crippen molar-refractivity contribution in [3.63, 3.8) is 0 Å². The molecule has 10 nitrogen and oxygen atoms in total. The molecule has 3 heterocycles. The molecule has 1 aliphatic heterocycles. The number of halogens is 3. The van der Waals surface area contributed by atoms with Crippen LogP contribution in [0.2, 0.25) is 0 Å². The van der Waals surface area contributed by atoms with E-state index in [2.05, 4.69) is 29.7 Å². The number of carbonyl (C=O) groups excluding carboxylic acids is 2. The Hall–Kier alpha value is -1.87. The summed E-state index contributed by atoms with van der Waals surface area (Å²) in [6, 6.07) is 4.47. The van der Waals surface area contributed by atoms with Crippen LogP contribution in [0.1, 0.15) is 23.0 Å². The first-order valence-corrected chi connectivity index (χ1v) is 8.10. The number of alkyl halides is 2. The molecule has 0 saturated carbocycles. The van der Waals surface area contributed by atoms with Gasteiger partial charge >= 0.3 is 57.7 Å². The normalized spacial score (nSPS) is 12.6. The number of H-pyrrole nitrogens is 1. The molecule has 0 spiro atoms. The predicted molar refractivity (Wildman–Crippen MR) is 100 cm³/mol. The van der Waals surface area contributed by atoms with Crippen LogP contribution in [0.15, 0.2) is 30.7 Å². The van der Waals surface area contributed by atoms with Gasteiger partial charge in [-0.1, -0.05) is 6.07 Å². The van der Waals surface area contributed by atoms with Gasteiger partial charge in [0.15, 0.2) is 11.5 Å². The molecule has 0 unspecified atom stereocenters. The molecule has 2 aromatic heterocycles. The number of aromatic amines is 1. The molecule has 1 aromatic carbocycles. The first-order chi connectivity index (χ1) is 13.7. The smallest absolute Gasteiger partial charge is 0.543 e. The molecular weight excluding hydrogens is 467 g/mol. The van der Waals surface area contributed by atoms with Gasteiger partial charge in [-0.3, -0.25) is 4.79 Å². The number of benzene rings is 1. The molecule has 160 valence electrons. The number of ether oxygens (including phenoxy) is 2. The van der Waals surface area contributed by atoms with Crippen LogP contribution >= 0.6 is 12.4 Å². The quantitative estimate of drug-likeness (QED) is 0.369. The van der Waals surface area contributed by atoms with Crippen molar-refractivity contribution in [1.29, 1.82) is 0 Å². The molecular formula is C17H15ClF2KN5O5. The Morgan fingerprint density at radius 1 is 1.26 bits per heavy atom. The van der Waals surface area contributed by atoms with E-state index in [-0.39, 0.29) is 99.0 Å². The number of hydrogen-bond acceptors (Lipinski definition) is 8. The van der Waals surface area contributed by atoms with Gasteiger partial charge in [-0.15, -0.1) is 21.2 Å². The minimum absolute atomic E-state index is 0. The number of carbonyl (C=O) groups is 2. The van der Waals surface area contributed by atoms with E-state index in [1.807, 2.05) is 0 Å². The van der Waals surface area contributed by atoms with E-state index in [0.717, 1.165) is 11.9 Å². The second kappa shape index (κ2) is 11.1. The number of anilines is 1. The van der Waals surface area contributed by atoms with Gasteiger partial charge in [0, 0.05) is 19.7 Å². The summed E-state index contributed by atoms with van der Waals surface area (Å²) in [7, 11) is 0. The summed E-state index contributed by atoms with van der Waals surface area (Å²) in [4.78, 5) is 31.8. The zero-order chi connectivity index (χ0) is 21.2. The summed E-state index contributed by atoms with van der Waals surface area (Å²) in [5, 5.41) is 13.3. The zero-order valence-electron chi connectivity index (χ0n) is 16.3. The fourth-order valence-corrected chi connectivity index (χ4v) is 2.50. The number of carboxylic acids is 1. The summed E-state index contributed by atoms with van der Waals surface area (Å²) in [6.45, 7) is 1.63. The molecule has 31 heavy (non-hydrogen) atoms. The molecule has 0 aliphatic carbocycles. The van der Waals surface area contributed by atoms with Crippen molar-refractivity contribution >= 4 is 41.0 Å². The summed E-state index contributed by atoms with van der Waals surface area (Å²) in [5.41, 5.74) is 6.79. The van der Waals surface area contributed by atoms with Gasteiger partial charge < -0.3 is 35.4 Å². The van der Waals surface area contributed by atoms with Crippen molar-refractivity contribution in [2.45, 2.75) is 19.8 Å². The number of aromatic nitrogens is 3. The van der Waals surface area contributed by atoms with E-state index in [9.17, 15) is 23.5 Å². The number of aromatic carboxylic acids is 1. The third-order valence-electron chi connectivity index (χ3n) is 3.67. The van der Waals surface area contributed by atoms with Gasteiger partial charge in [-0.05, 0) is 17.7 Å². The molecule has 0 saturated heterocycles. The maximum atomic E-state index is 12.5. The number of amides is 1. The molecule has 1 aliphatic rings. The van der Waals surface area contributed by atoms with Crippen molar-refractivity contribution in [3.05, 3.63) is 42.0 Å². The number of nitrogens with one attached hydrogen (secondary N) is 2. The van der Waals surface area contributed by atoms with E-state index in [1.165, 1.54) is 25.3 Å². The Morgan fingerprint density at radius 2 is 1.94 bits per heavy atom. The summed E-state index contributed by atoms with van der Waals surface area (Å²) < 4.78 is 33.4. The van der Waals surface area contributed by atoms with Crippen LogP contribution in [0, 0.1) is 0 Å². The third-order valence-corrected chi connectivity index (χ3v) is 3.67. The Balaban J connectivity index is 0.000000296. The first-order valence-electron chi connectivity index (χ1n) is 8.10. The topological polar surface area (TPSA) is 155 Å². The minimum atomic E-state index is -3.55. The van der Waals surface area contributed by atoms with Crippen LogP contribution in [0.5, 0.6) is 11.5 Å². The van der Waals surface area contributed by atoms with E-state index in [4.69, 9.17) is 5.73 Å². The van der Waals surface area contributed by atoms with E-state index < -0.39 is 12.3 Å². The summed E-state index contributed by atoms with van der Waals surface area (Å²) >= 11 is 0. The molecule has 0 radical (unpaired) electrons. The molecule has 0 bridgehead atoms. The van der Waals surface area contributed by atoms with Crippen LogP contribution in [-0.4, -0.2) is 33.1 Å². The standard InChI is InChI=1S/C9H8N4O3.C8H7F2NO2.ClH.K/c1-4(14)13-5-2-10-7-6(5)11-3-12-8(7)9(15)16;9-8(10)12-6-2-1-5(4-11)3-7(6)13-8;;/h2-3,10H,1H3,(H,13,14)(H,15,16);1-3H,4,11H2;1H;/q;;;+1/p-1. The summed E-state index contributed by atoms with van der Waals surface area (Å²) in [5.74, 6) is -1.59. The number of nitrogens with zero attached hydrogens (tertiary/aromatic N) is 2. The average molecular weight is 482 g/mol. The largest absolute Gasteiger partial charge is 1.00 e. The van der Waals surface area contributed by atoms with E-state index in [0.29, 0.717) is 11.2 Å². The Morgan fingerprint density at radius 3 is 2.55 bits per heavy atom. The SMILES string of the molecule is CC(=O)Nc1c[nH]c2c(C(=O)[O-])ncnc12.Cl.NCc1ccc2c(c1)OC(F)(F)O2.[K+]. The molecule has 14 heteroatoms. The van der Waals surface area contributed by atoms with Gasteiger partial charge in [-0.25, -0.2) is 9.97 Å². The monoisotopic (exact) mass is 481 g/mol. The number of carboxylic acid groups (broad SMARTS) is 1. The van der Waals surface area contributed by atoms with Crippen molar-refractivity contribution in [1.82, 2.24) is 15.0 Å². The maximum absolute atomic E-state index is 12.5. The number of hydrogen-bond donors (Lipinski definition) is 3. The van der Waals surface area contributed by atoms with Crippen LogP contribution in [0.4, 0.5) is 14.5 Å². The molecule has 1 amide bonds. The molecule has 4 rings (SSSR count). The number of fused-ring (bicyclic) bond motifs is 2. The van der Waals surface area contributed by atoms with Gasteiger partial charge in [0.25, 0.3) is 0 Å². The third kappa shape index (κ3) is 6.55. The van der Waals surface area contributed by atoms with Crippen LogP contribution < -0.4 is 77.0 Å². The van der Waals surface area contributed by atoms with Crippen molar-refractivity contribution < 1.29 is 84.3 Å². The fourth-order valence-electron chi connectivity index (χ4n) is 2.50. The van der Waals surface area contributed by atoms with Gasteiger partial charge in [-0.2, -0.15) is 0 Å². The predicted octanol–water partition coefficient (Wildman–Crippen LogP) is -1.83. The number of nitrogens with two attached hydrogens (primary N) is 1. The van der Waals surface area contributed by atoms with Gasteiger partial charge in [0.05, 0.1) is 17.2 Å². The maximum Gasteiger partial charge on any atom is 1.00 e. The Bertz CT molecular complexity index is 1100. The Labute approximate surface area is 222 Å². The number of rotatable bonds is 3. The van der Waals surface area contributed by atoms with E-state index in [1.54, 1.807) is 6.07 Å². The Kier molecular flexibility index (Phi) is 9.75. The first kappa shape index (κ1) is 27.2. The second-order valence-corrected chi connectivity index (χ2v) is 5.77. The summed E-state index contributed by atoms with van der Waals surface area (Å²) in [6.07, 6.45) is -0.991.